The van der Waals surface area contributed by atoms with E-state index < -0.39 is 0 Å². The summed E-state index contributed by atoms with van der Waals surface area (Å²) in [5, 5.41) is 0.791. The summed E-state index contributed by atoms with van der Waals surface area (Å²) >= 11 is 1.52. The number of Topliss-reactive ketones (excluding diaryl/α,β-unsaturated/α-hetero) is 1. The molecule has 0 amide bonds. The van der Waals surface area contributed by atoms with Gasteiger partial charge in [0.05, 0.1) is 10.3 Å². The van der Waals surface area contributed by atoms with Crippen LogP contribution in [-0.4, -0.2) is 16.0 Å². The van der Waals surface area contributed by atoms with Crippen molar-refractivity contribution < 1.29 is 4.79 Å². The molecule has 102 valence electrons. The number of hydrogen-bond acceptors (Lipinski definition) is 3. The minimum absolute atomic E-state index is 0.107. The van der Waals surface area contributed by atoms with Crippen LogP contribution in [0.3, 0.4) is 0 Å². The van der Waals surface area contributed by atoms with E-state index in [4.69, 9.17) is 0 Å². The van der Waals surface area contributed by atoms with Crippen LogP contribution in [0.1, 0.15) is 34.8 Å². The van der Waals surface area contributed by atoms with E-state index in [9.17, 15) is 4.79 Å². The lowest BCUT2D eigenvalue weighted by molar-refractivity contribution is 0.0994. The highest BCUT2D eigenvalue weighted by atomic mass is 32.2. The molecule has 20 heavy (non-hydrogen) atoms. The van der Waals surface area contributed by atoms with Crippen molar-refractivity contribution in [2.75, 3.05) is 0 Å². The number of hydrogen-bond donors (Lipinski definition) is 0. The van der Waals surface area contributed by atoms with Crippen LogP contribution < -0.4 is 0 Å². The second-order valence-corrected chi connectivity index (χ2v) is 6.49. The van der Waals surface area contributed by atoms with Gasteiger partial charge in [0.15, 0.2) is 5.78 Å². The molecule has 3 rings (SSSR count). The van der Waals surface area contributed by atoms with Crippen molar-refractivity contribution in [1.82, 2.24) is 4.98 Å². The van der Waals surface area contributed by atoms with E-state index >= 15 is 0 Å². The van der Waals surface area contributed by atoms with Gasteiger partial charge in [-0.1, -0.05) is 30.0 Å². The predicted octanol–water partition coefficient (Wildman–Crippen LogP) is 3.93. The first-order chi connectivity index (χ1) is 9.74. The third-order valence-corrected chi connectivity index (χ3v) is 4.74. The van der Waals surface area contributed by atoms with Crippen LogP contribution in [-0.2, 0) is 12.8 Å². The molecule has 0 aliphatic heterocycles. The van der Waals surface area contributed by atoms with Crippen molar-refractivity contribution in [3.8, 4) is 0 Å². The van der Waals surface area contributed by atoms with Crippen LogP contribution in [0.25, 0.3) is 0 Å². The van der Waals surface area contributed by atoms with E-state index in [-0.39, 0.29) is 11.0 Å². The van der Waals surface area contributed by atoms with Crippen molar-refractivity contribution in [2.45, 2.75) is 36.5 Å². The molecule has 1 aromatic carbocycles. The van der Waals surface area contributed by atoms with Gasteiger partial charge in [-0.05, 0) is 55.5 Å². The Kier molecular flexibility index (Phi) is 3.88. The molecule has 0 saturated heterocycles. The molecule has 1 atom stereocenters. The van der Waals surface area contributed by atoms with E-state index in [1.165, 1.54) is 29.3 Å². The summed E-state index contributed by atoms with van der Waals surface area (Å²) in [6.07, 6.45) is 5.24. The van der Waals surface area contributed by atoms with Crippen LogP contribution in [0, 0.1) is 0 Å². The molecule has 2 nitrogen and oxygen atoms in total. The minimum Gasteiger partial charge on any atom is -0.293 e. The molecular weight excluding hydrogens is 266 g/mol. The molecule has 1 heterocycles. The van der Waals surface area contributed by atoms with E-state index in [2.05, 4.69) is 17.1 Å². The summed E-state index contributed by atoms with van der Waals surface area (Å²) in [6.45, 7) is 1.95. The Hall–Kier alpha value is -1.61. The molecule has 0 fully saturated rings. The zero-order chi connectivity index (χ0) is 13.9. The summed E-state index contributed by atoms with van der Waals surface area (Å²) in [4.78, 5) is 16.8. The Balaban J connectivity index is 1.75. The number of aryl methyl sites for hydroxylation is 2. The minimum atomic E-state index is -0.107. The van der Waals surface area contributed by atoms with Crippen molar-refractivity contribution in [3.05, 3.63) is 59.3 Å². The Morgan fingerprint density at radius 3 is 2.85 bits per heavy atom. The van der Waals surface area contributed by atoms with Gasteiger partial charge in [-0.3, -0.25) is 4.79 Å². The molecule has 2 aromatic rings. The van der Waals surface area contributed by atoms with Gasteiger partial charge in [-0.2, -0.15) is 0 Å². The van der Waals surface area contributed by atoms with Crippen LogP contribution in [0.2, 0.25) is 0 Å². The highest BCUT2D eigenvalue weighted by molar-refractivity contribution is 8.00. The number of thioether (sulfide) groups is 1. The normalized spacial score (nSPS) is 14.8. The quantitative estimate of drug-likeness (QED) is 0.629. The fourth-order valence-electron chi connectivity index (χ4n) is 2.61. The van der Waals surface area contributed by atoms with Crippen molar-refractivity contribution in [3.63, 3.8) is 0 Å². The lowest BCUT2D eigenvalue weighted by atomic mass is 10.0. The Morgan fingerprint density at radius 2 is 2.05 bits per heavy atom. The Bertz CT molecular complexity index is 624. The lowest BCUT2D eigenvalue weighted by Crippen LogP contribution is -2.14. The summed E-state index contributed by atoms with van der Waals surface area (Å²) in [7, 11) is 0. The molecule has 0 saturated carbocycles. The Morgan fingerprint density at radius 1 is 1.20 bits per heavy atom. The first-order valence-corrected chi connectivity index (χ1v) is 7.86. The van der Waals surface area contributed by atoms with Crippen LogP contribution >= 0.6 is 11.8 Å². The van der Waals surface area contributed by atoms with Gasteiger partial charge in [-0.15, -0.1) is 0 Å². The van der Waals surface area contributed by atoms with Crippen molar-refractivity contribution in [2.24, 2.45) is 0 Å². The molecule has 1 unspecified atom stereocenters. The van der Waals surface area contributed by atoms with E-state index in [0.717, 1.165) is 23.4 Å². The number of carbonyl (C=O) groups excluding carboxylic acids is 1. The second kappa shape index (κ2) is 5.80. The molecular formula is C17H17NOS. The molecule has 1 aliphatic rings. The summed E-state index contributed by atoms with van der Waals surface area (Å²) in [5.74, 6) is 0.190. The van der Waals surface area contributed by atoms with Crippen LogP contribution in [0.15, 0.2) is 47.6 Å². The molecule has 3 heteroatoms. The van der Waals surface area contributed by atoms with Gasteiger partial charge in [0.2, 0.25) is 0 Å². The van der Waals surface area contributed by atoms with Gasteiger partial charge in [-0.25, -0.2) is 4.98 Å². The average molecular weight is 283 g/mol. The topological polar surface area (TPSA) is 30.0 Å². The monoisotopic (exact) mass is 283 g/mol. The summed E-state index contributed by atoms with van der Waals surface area (Å²) < 4.78 is 0. The Labute approximate surface area is 123 Å². The fraction of sp³-hybridized carbons (Fsp3) is 0.294. The predicted molar refractivity (Wildman–Crippen MR) is 82.4 cm³/mol. The molecule has 0 radical (unpaired) electrons. The van der Waals surface area contributed by atoms with Gasteiger partial charge in [0.25, 0.3) is 0 Å². The maximum Gasteiger partial charge on any atom is 0.175 e. The number of pyridine rings is 1. The number of ketones is 1. The average Bonchev–Trinajstić information content (AvgIpc) is 2.94. The second-order valence-electron chi connectivity index (χ2n) is 5.13. The van der Waals surface area contributed by atoms with Gasteiger partial charge in [0.1, 0.15) is 0 Å². The largest absolute Gasteiger partial charge is 0.293 e. The third-order valence-electron chi connectivity index (χ3n) is 3.69. The molecule has 0 bridgehead atoms. The van der Waals surface area contributed by atoms with Gasteiger partial charge < -0.3 is 0 Å². The number of carbonyl (C=O) groups is 1. The fourth-order valence-corrected chi connectivity index (χ4v) is 3.50. The van der Waals surface area contributed by atoms with Crippen molar-refractivity contribution >= 4 is 17.5 Å². The smallest absolute Gasteiger partial charge is 0.175 e. The molecule has 0 N–H and O–H groups in total. The maximum atomic E-state index is 12.5. The summed E-state index contributed by atoms with van der Waals surface area (Å²) in [6, 6.07) is 12.0. The van der Waals surface area contributed by atoms with E-state index in [1.807, 2.05) is 31.2 Å². The van der Waals surface area contributed by atoms with Crippen LogP contribution in [0.4, 0.5) is 0 Å². The van der Waals surface area contributed by atoms with Crippen molar-refractivity contribution in [1.29, 1.82) is 0 Å². The number of benzene rings is 1. The van der Waals surface area contributed by atoms with E-state index in [1.54, 1.807) is 6.20 Å². The molecule has 0 spiro atoms. The van der Waals surface area contributed by atoms with Crippen LogP contribution in [0.5, 0.6) is 0 Å². The molecule has 1 aliphatic carbocycles. The van der Waals surface area contributed by atoms with Gasteiger partial charge in [0, 0.05) is 11.8 Å². The number of rotatable bonds is 4. The highest BCUT2D eigenvalue weighted by Crippen LogP contribution is 2.27. The first kappa shape index (κ1) is 13.4. The zero-order valence-corrected chi connectivity index (χ0v) is 12.3. The summed E-state index contributed by atoms with van der Waals surface area (Å²) in [5.41, 5.74) is 3.60. The lowest BCUT2D eigenvalue weighted by Gasteiger charge is -2.10. The SMILES string of the molecule is CC(Sc1ccccn1)C(=O)c1ccc2c(c1)CCC2. The number of fused-ring (bicyclic) bond motifs is 1. The first-order valence-electron chi connectivity index (χ1n) is 6.98. The number of aromatic nitrogens is 1. The van der Waals surface area contributed by atoms with E-state index in [0.29, 0.717) is 0 Å². The number of nitrogens with zero attached hydrogens (tertiary/aromatic N) is 1. The zero-order valence-electron chi connectivity index (χ0n) is 11.5. The third kappa shape index (κ3) is 2.78. The molecule has 1 aromatic heterocycles. The standard InChI is InChI=1S/C17H17NOS/c1-12(20-16-7-2-3-10-18-16)17(19)15-9-8-13-5-4-6-14(13)11-15/h2-3,7-12H,4-6H2,1H3. The van der Waals surface area contributed by atoms with Gasteiger partial charge >= 0.3 is 0 Å². The maximum absolute atomic E-state index is 12.5. The highest BCUT2D eigenvalue weighted by Gasteiger charge is 2.19.